The predicted molar refractivity (Wildman–Crippen MR) is 63.4 cm³/mol. The van der Waals surface area contributed by atoms with Crippen molar-refractivity contribution in [3.63, 3.8) is 0 Å². The number of methoxy groups -OCH3 is 1. The van der Waals surface area contributed by atoms with E-state index in [1.54, 1.807) is 18.2 Å². The summed E-state index contributed by atoms with van der Waals surface area (Å²) < 4.78 is 5.12. The molecular weight excluding hydrogens is 246 g/mol. The number of carbonyl (C=O) groups is 1. The molecule has 0 radical (unpaired) electrons. The Morgan fingerprint density at radius 1 is 1.59 bits per heavy atom. The highest BCUT2D eigenvalue weighted by Crippen LogP contribution is 2.22. The van der Waals surface area contributed by atoms with Crippen LogP contribution in [0.5, 0.6) is 5.75 Å². The summed E-state index contributed by atoms with van der Waals surface area (Å²) in [5, 5.41) is 20.8. The molecule has 94 valence electrons. The summed E-state index contributed by atoms with van der Waals surface area (Å²) in [6, 6.07) is 4.07. The number of carboxylic acids is 1. The fraction of sp³-hybridized carbons (Fsp3) is 0.364. The zero-order valence-electron chi connectivity index (χ0n) is 9.31. The number of rotatable bonds is 6. The van der Waals surface area contributed by atoms with Crippen molar-refractivity contribution in [3.05, 3.63) is 28.8 Å². The highest BCUT2D eigenvalue weighted by atomic mass is 35.5. The molecule has 1 atom stereocenters. The molecule has 6 heteroatoms. The molecule has 0 saturated heterocycles. The second kappa shape index (κ2) is 6.44. The smallest absolute Gasteiger partial charge is 0.323 e. The highest BCUT2D eigenvalue weighted by molar-refractivity contribution is 6.30. The summed E-state index contributed by atoms with van der Waals surface area (Å²) in [6.07, 6.45) is 0. The van der Waals surface area contributed by atoms with Gasteiger partial charge >= 0.3 is 5.97 Å². The fourth-order valence-electron chi connectivity index (χ4n) is 1.35. The van der Waals surface area contributed by atoms with Crippen LogP contribution >= 0.6 is 11.6 Å². The van der Waals surface area contributed by atoms with Crippen molar-refractivity contribution in [1.29, 1.82) is 0 Å². The minimum absolute atomic E-state index is 0.251. The summed E-state index contributed by atoms with van der Waals surface area (Å²) in [4.78, 5) is 10.7. The van der Waals surface area contributed by atoms with Crippen molar-refractivity contribution in [3.8, 4) is 5.75 Å². The molecule has 3 N–H and O–H groups in total. The Morgan fingerprint density at radius 2 is 2.29 bits per heavy atom. The molecule has 0 spiro atoms. The number of ether oxygens (including phenoxy) is 1. The van der Waals surface area contributed by atoms with E-state index >= 15 is 0 Å². The predicted octanol–water partition coefficient (Wildman–Crippen LogP) is 0.884. The summed E-state index contributed by atoms with van der Waals surface area (Å²) in [5.74, 6) is -0.488. The lowest BCUT2D eigenvalue weighted by Gasteiger charge is -2.13. The van der Waals surface area contributed by atoms with Crippen LogP contribution in [0.1, 0.15) is 5.56 Å². The molecule has 1 aromatic carbocycles. The molecule has 0 aliphatic carbocycles. The first-order chi connectivity index (χ1) is 8.08. The van der Waals surface area contributed by atoms with Gasteiger partial charge in [-0.2, -0.15) is 0 Å². The molecule has 17 heavy (non-hydrogen) atoms. The van der Waals surface area contributed by atoms with Gasteiger partial charge in [-0.1, -0.05) is 11.6 Å². The third-order valence-electron chi connectivity index (χ3n) is 2.26. The van der Waals surface area contributed by atoms with E-state index in [-0.39, 0.29) is 6.54 Å². The number of aliphatic hydroxyl groups excluding tert-OH is 1. The van der Waals surface area contributed by atoms with Gasteiger partial charge in [0.2, 0.25) is 0 Å². The van der Waals surface area contributed by atoms with Crippen LogP contribution in [0.25, 0.3) is 0 Å². The maximum absolute atomic E-state index is 10.7. The first-order valence-electron chi connectivity index (χ1n) is 4.98. The van der Waals surface area contributed by atoms with Crippen molar-refractivity contribution >= 4 is 17.6 Å². The van der Waals surface area contributed by atoms with Crippen LogP contribution in [0.15, 0.2) is 18.2 Å². The summed E-state index contributed by atoms with van der Waals surface area (Å²) in [6.45, 7) is -0.223. The number of hydrogen-bond donors (Lipinski definition) is 3. The molecule has 0 unspecified atom stereocenters. The van der Waals surface area contributed by atoms with Crippen LogP contribution in [-0.4, -0.2) is 35.9 Å². The van der Waals surface area contributed by atoms with Gasteiger partial charge in [0.05, 0.1) is 13.7 Å². The Kier molecular flexibility index (Phi) is 5.21. The van der Waals surface area contributed by atoms with Gasteiger partial charge < -0.3 is 14.9 Å². The molecule has 0 aliphatic heterocycles. The Hall–Kier alpha value is -1.30. The summed E-state index contributed by atoms with van der Waals surface area (Å²) in [7, 11) is 1.52. The first kappa shape index (κ1) is 13.8. The average molecular weight is 260 g/mol. The van der Waals surface area contributed by atoms with E-state index in [0.29, 0.717) is 10.8 Å². The van der Waals surface area contributed by atoms with E-state index in [2.05, 4.69) is 5.32 Å². The van der Waals surface area contributed by atoms with Gasteiger partial charge in [-0.15, -0.1) is 0 Å². The molecular formula is C11H14ClNO4. The molecule has 1 aromatic rings. The van der Waals surface area contributed by atoms with Gasteiger partial charge in [0.1, 0.15) is 11.8 Å². The van der Waals surface area contributed by atoms with Crippen LogP contribution in [0.4, 0.5) is 0 Å². The van der Waals surface area contributed by atoms with Crippen LogP contribution < -0.4 is 10.1 Å². The second-order valence-electron chi connectivity index (χ2n) is 3.41. The standard InChI is InChI=1S/C11H14ClNO4/c1-17-10-3-2-8(12)4-7(10)5-13-9(6-14)11(15)16/h2-4,9,13-14H,5-6H2,1H3,(H,15,16)/t9-/m0/s1. The molecule has 0 bridgehead atoms. The van der Waals surface area contributed by atoms with Crippen LogP contribution in [0, 0.1) is 0 Å². The number of hydrogen-bond acceptors (Lipinski definition) is 4. The molecule has 0 amide bonds. The van der Waals surface area contributed by atoms with E-state index in [4.69, 9.17) is 26.6 Å². The van der Waals surface area contributed by atoms with Gasteiger partial charge in [-0.05, 0) is 18.2 Å². The van der Waals surface area contributed by atoms with E-state index in [0.717, 1.165) is 5.56 Å². The lowest BCUT2D eigenvalue weighted by atomic mass is 10.2. The summed E-state index contributed by atoms with van der Waals surface area (Å²) >= 11 is 5.84. The van der Waals surface area contributed by atoms with Crippen molar-refractivity contribution in [2.75, 3.05) is 13.7 Å². The van der Waals surface area contributed by atoms with Crippen molar-refractivity contribution in [2.45, 2.75) is 12.6 Å². The topological polar surface area (TPSA) is 78.8 Å². The zero-order chi connectivity index (χ0) is 12.8. The van der Waals surface area contributed by atoms with Crippen LogP contribution in [0.2, 0.25) is 5.02 Å². The van der Waals surface area contributed by atoms with Crippen molar-refractivity contribution in [1.82, 2.24) is 5.32 Å². The quantitative estimate of drug-likeness (QED) is 0.707. The number of aliphatic hydroxyl groups is 1. The van der Waals surface area contributed by atoms with Gasteiger partial charge in [0, 0.05) is 17.1 Å². The number of benzene rings is 1. The van der Waals surface area contributed by atoms with Gasteiger partial charge in [-0.3, -0.25) is 10.1 Å². The van der Waals surface area contributed by atoms with E-state index in [9.17, 15) is 4.79 Å². The van der Waals surface area contributed by atoms with Gasteiger partial charge in [-0.25, -0.2) is 0 Å². The molecule has 0 aliphatic rings. The molecule has 1 rings (SSSR count). The van der Waals surface area contributed by atoms with Crippen LogP contribution in [0.3, 0.4) is 0 Å². The minimum atomic E-state index is -1.10. The SMILES string of the molecule is COc1ccc(Cl)cc1CN[C@@H](CO)C(=O)O. The molecule has 5 nitrogen and oxygen atoms in total. The monoisotopic (exact) mass is 259 g/mol. The number of halogens is 1. The molecule has 0 heterocycles. The second-order valence-corrected chi connectivity index (χ2v) is 3.85. The van der Waals surface area contributed by atoms with Crippen LogP contribution in [-0.2, 0) is 11.3 Å². The Bertz CT molecular complexity index is 397. The minimum Gasteiger partial charge on any atom is -0.496 e. The Labute approximate surface area is 104 Å². The maximum Gasteiger partial charge on any atom is 0.323 e. The number of aliphatic carboxylic acids is 1. The zero-order valence-corrected chi connectivity index (χ0v) is 10.1. The van der Waals surface area contributed by atoms with Gasteiger partial charge in [0.25, 0.3) is 0 Å². The fourth-order valence-corrected chi connectivity index (χ4v) is 1.54. The average Bonchev–Trinajstić information content (AvgIpc) is 2.29. The normalized spacial score (nSPS) is 12.2. The van der Waals surface area contributed by atoms with Crippen molar-refractivity contribution in [2.24, 2.45) is 0 Å². The molecule has 0 saturated carbocycles. The first-order valence-corrected chi connectivity index (χ1v) is 5.35. The number of carboxylic acid groups (broad SMARTS) is 1. The molecule has 0 fully saturated rings. The largest absolute Gasteiger partial charge is 0.496 e. The number of nitrogens with one attached hydrogen (secondary N) is 1. The molecule has 0 aromatic heterocycles. The van der Waals surface area contributed by atoms with Crippen molar-refractivity contribution < 1.29 is 19.7 Å². The lowest BCUT2D eigenvalue weighted by Crippen LogP contribution is -2.39. The Balaban J connectivity index is 2.73. The summed E-state index contributed by atoms with van der Waals surface area (Å²) in [5.41, 5.74) is 0.736. The lowest BCUT2D eigenvalue weighted by molar-refractivity contribution is -0.140. The van der Waals surface area contributed by atoms with Gasteiger partial charge in [0.15, 0.2) is 0 Å². The van der Waals surface area contributed by atoms with E-state index in [1.807, 2.05) is 0 Å². The Morgan fingerprint density at radius 3 is 2.82 bits per heavy atom. The third-order valence-corrected chi connectivity index (χ3v) is 2.50. The van der Waals surface area contributed by atoms with E-state index < -0.39 is 18.6 Å². The third kappa shape index (κ3) is 3.89. The maximum atomic E-state index is 10.7. The highest BCUT2D eigenvalue weighted by Gasteiger charge is 2.15. The van der Waals surface area contributed by atoms with E-state index in [1.165, 1.54) is 7.11 Å².